The number of rotatable bonds is 3. The minimum atomic E-state index is 0.0331. The lowest BCUT2D eigenvalue weighted by Gasteiger charge is -2.33. The Labute approximate surface area is 121 Å². The summed E-state index contributed by atoms with van der Waals surface area (Å²) < 4.78 is 0. The SMILES string of the molecule is CC1CCCCN1C(=O)NCc1cccnc1N(C)C. The molecule has 2 rings (SSSR count). The lowest BCUT2D eigenvalue weighted by Crippen LogP contribution is -2.47. The number of pyridine rings is 1. The molecule has 5 nitrogen and oxygen atoms in total. The Kier molecular flexibility index (Phi) is 4.82. The molecule has 1 fully saturated rings. The highest BCUT2D eigenvalue weighted by Crippen LogP contribution is 2.17. The molecule has 1 atom stereocenters. The van der Waals surface area contributed by atoms with Crippen molar-refractivity contribution in [2.75, 3.05) is 25.5 Å². The van der Waals surface area contributed by atoms with Gasteiger partial charge in [-0.1, -0.05) is 6.07 Å². The van der Waals surface area contributed by atoms with Gasteiger partial charge in [0.2, 0.25) is 0 Å². The van der Waals surface area contributed by atoms with Gasteiger partial charge >= 0.3 is 6.03 Å². The molecule has 1 N–H and O–H groups in total. The Morgan fingerprint density at radius 3 is 3.00 bits per heavy atom. The second-order valence-corrected chi connectivity index (χ2v) is 5.58. The standard InChI is InChI=1S/C15H24N4O/c1-12-7-4-5-10-19(12)15(20)17-11-13-8-6-9-16-14(13)18(2)3/h6,8-9,12H,4-5,7,10-11H2,1-3H3,(H,17,20). The molecule has 20 heavy (non-hydrogen) atoms. The number of carbonyl (C=O) groups is 1. The highest BCUT2D eigenvalue weighted by molar-refractivity contribution is 5.74. The summed E-state index contributed by atoms with van der Waals surface area (Å²) in [6, 6.07) is 4.27. The average Bonchev–Trinajstić information content (AvgIpc) is 2.45. The highest BCUT2D eigenvalue weighted by atomic mass is 16.2. The van der Waals surface area contributed by atoms with Crippen LogP contribution in [0.1, 0.15) is 31.7 Å². The van der Waals surface area contributed by atoms with Gasteiger partial charge in [-0.2, -0.15) is 0 Å². The minimum Gasteiger partial charge on any atom is -0.362 e. The zero-order valence-corrected chi connectivity index (χ0v) is 12.6. The van der Waals surface area contributed by atoms with Crippen LogP contribution in [0, 0.1) is 0 Å². The first-order chi connectivity index (χ1) is 9.59. The number of likely N-dealkylation sites (tertiary alicyclic amines) is 1. The number of nitrogens with zero attached hydrogens (tertiary/aromatic N) is 3. The summed E-state index contributed by atoms with van der Waals surface area (Å²) in [5, 5.41) is 3.01. The molecule has 2 heterocycles. The summed E-state index contributed by atoms with van der Waals surface area (Å²) >= 11 is 0. The molecule has 5 heteroatoms. The van der Waals surface area contributed by atoms with Crippen LogP contribution in [-0.2, 0) is 6.54 Å². The second-order valence-electron chi connectivity index (χ2n) is 5.58. The van der Waals surface area contributed by atoms with Gasteiger partial charge in [0.1, 0.15) is 5.82 Å². The summed E-state index contributed by atoms with van der Waals surface area (Å²) in [7, 11) is 3.92. The number of hydrogen-bond acceptors (Lipinski definition) is 3. The van der Waals surface area contributed by atoms with Gasteiger partial charge in [0.15, 0.2) is 0 Å². The van der Waals surface area contributed by atoms with Gasteiger partial charge in [-0.05, 0) is 32.3 Å². The van der Waals surface area contributed by atoms with E-state index in [-0.39, 0.29) is 6.03 Å². The third kappa shape index (κ3) is 3.40. The number of anilines is 1. The third-order valence-electron chi connectivity index (χ3n) is 3.79. The van der Waals surface area contributed by atoms with Crippen LogP contribution < -0.4 is 10.2 Å². The van der Waals surface area contributed by atoms with E-state index in [1.807, 2.05) is 36.0 Å². The number of hydrogen-bond donors (Lipinski definition) is 1. The summed E-state index contributed by atoms with van der Waals surface area (Å²) in [4.78, 5) is 20.5. The van der Waals surface area contributed by atoms with Crippen LogP contribution in [0.4, 0.5) is 10.6 Å². The molecule has 0 bridgehead atoms. The maximum atomic E-state index is 12.2. The predicted molar refractivity (Wildman–Crippen MR) is 80.8 cm³/mol. The van der Waals surface area contributed by atoms with E-state index in [0.29, 0.717) is 12.6 Å². The van der Waals surface area contributed by atoms with E-state index >= 15 is 0 Å². The van der Waals surface area contributed by atoms with E-state index in [1.54, 1.807) is 6.20 Å². The Balaban J connectivity index is 1.96. The zero-order valence-electron chi connectivity index (χ0n) is 12.6. The van der Waals surface area contributed by atoms with Gasteiger partial charge in [0, 0.05) is 45.0 Å². The maximum absolute atomic E-state index is 12.2. The van der Waals surface area contributed by atoms with E-state index in [2.05, 4.69) is 17.2 Å². The number of carbonyl (C=O) groups excluding carboxylic acids is 1. The van der Waals surface area contributed by atoms with E-state index in [0.717, 1.165) is 30.8 Å². The smallest absolute Gasteiger partial charge is 0.317 e. The van der Waals surface area contributed by atoms with Crippen molar-refractivity contribution in [1.82, 2.24) is 15.2 Å². The molecule has 0 aromatic carbocycles. The van der Waals surface area contributed by atoms with Crippen molar-refractivity contribution < 1.29 is 4.79 Å². The second kappa shape index (κ2) is 6.59. The van der Waals surface area contributed by atoms with Crippen LogP contribution >= 0.6 is 0 Å². The van der Waals surface area contributed by atoms with Crippen molar-refractivity contribution in [3.63, 3.8) is 0 Å². The molecule has 0 radical (unpaired) electrons. The van der Waals surface area contributed by atoms with E-state index in [9.17, 15) is 4.79 Å². The van der Waals surface area contributed by atoms with Gasteiger partial charge < -0.3 is 15.1 Å². The average molecular weight is 276 g/mol. The quantitative estimate of drug-likeness (QED) is 0.921. The van der Waals surface area contributed by atoms with Crippen molar-refractivity contribution >= 4 is 11.8 Å². The number of piperidine rings is 1. The lowest BCUT2D eigenvalue weighted by molar-refractivity contribution is 0.158. The van der Waals surface area contributed by atoms with Gasteiger partial charge in [0.25, 0.3) is 0 Å². The number of aromatic nitrogens is 1. The molecule has 1 aliphatic heterocycles. The van der Waals surface area contributed by atoms with Crippen LogP contribution in [0.5, 0.6) is 0 Å². The van der Waals surface area contributed by atoms with Crippen molar-refractivity contribution in [2.45, 2.75) is 38.8 Å². The van der Waals surface area contributed by atoms with E-state index in [1.165, 1.54) is 6.42 Å². The fraction of sp³-hybridized carbons (Fsp3) is 0.600. The fourth-order valence-corrected chi connectivity index (χ4v) is 2.64. The summed E-state index contributed by atoms with van der Waals surface area (Å²) in [5.74, 6) is 0.902. The van der Waals surface area contributed by atoms with Gasteiger partial charge in [-0.25, -0.2) is 9.78 Å². The van der Waals surface area contributed by atoms with Gasteiger partial charge in [0.05, 0.1) is 0 Å². The van der Waals surface area contributed by atoms with Crippen LogP contribution in [0.15, 0.2) is 18.3 Å². The van der Waals surface area contributed by atoms with Crippen LogP contribution in [-0.4, -0.2) is 42.6 Å². The molecule has 1 unspecified atom stereocenters. The van der Waals surface area contributed by atoms with E-state index in [4.69, 9.17) is 0 Å². The molecule has 0 spiro atoms. The first-order valence-corrected chi connectivity index (χ1v) is 7.25. The molecule has 1 aliphatic rings. The molecular formula is C15H24N4O. The van der Waals surface area contributed by atoms with Gasteiger partial charge in [-0.15, -0.1) is 0 Å². The highest BCUT2D eigenvalue weighted by Gasteiger charge is 2.22. The Morgan fingerprint density at radius 2 is 2.30 bits per heavy atom. The van der Waals surface area contributed by atoms with Crippen molar-refractivity contribution in [3.8, 4) is 0 Å². The van der Waals surface area contributed by atoms with Crippen molar-refractivity contribution in [3.05, 3.63) is 23.9 Å². The molecule has 1 aromatic rings. The molecular weight excluding hydrogens is 252 g/mol. The first kappa shape index (κ1) is 14.6. The van der Waals surface area contributed by atoms with Crippen LogP contribution in [0.25, 0.3) is 0 Å². The molecule has 0 saturated carbocycles. The molecule has 0 aliphatic carbocycles. The summed E-state index contributed by atoms with van der Waals surface area (Å²) in [6.07, 6.45) is 5.20. The third-order valence-corrected chi connectivity index (χ3v) is 3.79. The normalized spacial score (nSPS) is 18.8. The predicted octanol–water partition coefficient (Wildman–Crippen LogP) is 2.23. The Bertz CT molecular complexity index is 461. The van der Waals surface area contributed by atoms with Gasteiger partial charge in [-0.3, -0.25) is 0 Å². The van der Waals surface area contributed by atoms with Crippen molar-refractivity contribution in [1.29, 1.82) is 0 Å². The molecule has 110 valence electrons. The minimum absolute atomic E-state index is 0.0331. The molecule has 2 amide bonds. The largest absolute Gasteiger partial charge is 0.362 e. The Morgan fingerprint density at radius 1 is 1.50 bits per heavy atom. The topological polar surface area (TPSA) is 48.5 Å². The number of amides is 2. The van der Waals surface area contributed by atoms with Crippen LogP contribution in [0.3, 0.4) is 0 Å². The first-order valence-electron chi connectivity index (χ1n) is 7.25. The number of nitrogens with one attached hydrogen (secondary N) is 1. The van der Waals surface area contributed by atoms with Crippen LogP contribution in [0.2, 0.25) is 0 Å². The zero-order chi connectivity index (χ0) is 14.5. The van der Waals surface area contributed by atoms with E-state index < -0.39 is 0 Å². The number of urea groups is 1. The lowest BCUT2D eigenvalue weighted by atomic mass is 10.0. The summed E-state index contributed by atoms with van der Waals surface area (Å²) in [6.45, 7) is 3.50. The summed E-state index contributed by atoms with van der Waals surface area (Å²) in [5.41, 5.74) is 1.04. The molecule has 1 saturated heterocycles. The van der Waals surface area contributed by atoms with Crippen molar-refractivity contribution in [2.24, 2.45) is 0 Å². The monoisotopic (exact) mass is 276 g/mol. The maximum Gasteiger partial charge on any atom is 0.317 e. The fourth-order valence-electron chi connectivity index (χ4n) is 2.64. The molecule has 1 aromatic heterocycles. The Hall–Kier alpha value is -1.78.